The van der Waals surface area contributed by atoms with Gasteiger partial charge in [0.25, 0.3) is 0 Å². The molecule has 3 rings (SSSR count). The van der Waals surface area contributed by atoms with E-state index in [9.17, 15) is 4.79 Å². The van der Waals surface area contributed by atoms with Crippen LogP contribution in [0.3, 0.4) is 0 Å². The van der Waals surface area contributed by atoms with Crippen LogP contribution in [-0.4, -0.2) is 38.7 Å². The average Bonchev–Trinajstić information content (AvgIpc) is 3.06. The van der Waals surface area contributed by atoms with Crippen LogP contribution in [0.2, 0.25) is 0 Å². The van der Waals surface area contributed by atoms with Crippen LogP contribution >= 0.6 is 11.3 Å². The molecule has 26 heavy (non-hydrogen) atoms. The van der Waals surface area contributed by atoms with Crippen LogP contribution in [-0.2, 0) is 4.79 Å². The first-order chi connectivity index (χ1) is 12.5. The van der Waals surface area contributed by atoms with E-state index in [-0.39, 0.29) is 12.5 Å². The molecule has 0 fully saturated rings. The minimum atomic E-state index is -0.136. The first kappa shape index (κ1) is 18.0. The second kappa shape index (κ2) is 7.61. The van der Waals surface area contributed by atoms with Gasteiger partial charge < -0.3 is 19.7 Å². The zero-order valence-electron chi connectivity index (χ0n) is 15.2. The highest BCUT2D eigenvalue weighted by Crippen LogP contribution is 2.33. The van der Waals surface area contributed by atoms with Crippen molar-refractivity contribution >= 4 is 38.3 Å². The first-order valence-electron chi connectivity index (χ1n) is 8.11. The molecule has 0 unspecified atom stereocenters. The summed E-state index contributed by atoms with van der Waals surface area (Å²) in [6.07, 6.45) is 0. The number of ether oxygens (including phenoxy) is 2. The van der Waals surface area contributed by atoms with E-state index in [4.69, 9.17) is 9.47 Å². The molecule has 1 amide bonds. The van der Waals surface area contributed by atoms with E-state index in [1.165, 1.54) is 11.3 Å². The number of amides is 1. The third kappa shape index (κ3) is 3.72. The standard InChI is InChI=1S/C19H21N3O3S/c1-12-8-9-14(24-3)13(10-12)20-17(23)11-22(2)19-21-18-15(25-4)6-5-7-16(18)26-19/h5-10H,11H2,1-4H3,(H,20,23). The van der Waals surface area contributed by atoms with Gasteiger partial charge in [-0.15, -0.1) is 0 Å². The van der Waals surface area contributed by atoms with Crippen molar-refractivity contribution < 1.29 is 14.3 Å². The van der Waals surface area contributed by atoms with Gasteiger partial charge in [-0.3, -0.25) is 4.79 Å². The Kier molecular flexibility index (Phi) is 5.27. The molecular weight excluding hydrogens is 350 g/mol. The minimum Gasteiger partial charge on any atom is -0.495 e. The summed E-state index contributed by atoms with van der Waals surface area (Å²) in [5.41, 5.74) is 2.52. The maximum atomic E-state index is 12.5. The molecule has 2 aromatic carbocycles. The predicted octanol–water partition coefficient (Wildman–Crippen LogP) is 3.70. The van der Waals surface area contributed by atoms with E-state index in [2.05, 4.69) is 10.3 Å². The monoisotopic (exact) mass is 371 g/mol. The Labute approximate surface area is 156 Å². The predicted molar refractivity (Wildman–Crippen MR) is 106 cm³/mol. The molecule has 0 saturated heterocycles. The number of nitrogens with zero attached hydrogens (tertiary/aromatic N) is 2. The second-order valence-corrected chi connectivity index (χ2v) is 6.92. The molecule has 0 saturated carbocycles. The fourth-order valence-electron chi connectivity index (χ4n) is 2.63. The lowest BCUT2D eigenvalue weighted by molar-refractivity contribution is -0.114. The number of benzene rings is 2. The molecule has 0 bridgehead atoms. The van der Waals surface area contributed by atoms with Crippen LogP contribution in [0, 0.1) is 6.92 Å². The van der Waals surface area contributed by atoms with Gasteiger partial charge in [-0.2, -0.15) is 0 Å². The highest BCUT2D eigenvalue weighted by Gasteiger charge is 2.15. The van der Waals surface area contributed by atoms with Crippen molar-refractivity contribution in [3.8, 4) is 11.5 Å². The van der Waals surface area contributed by atoms with Crippen LogP contribution in [0.4, 0.5) is 10.8 Å². The molecule has 1 N–H and O–H groups in total. The van der Waals surface area contributed by atoms with Crippen LogP contribution in [0.1, 0.15) is 5.56 Å². The molecule has 136 valence electrons. The topological polar surface area (TPSA) is 63.7 Å². The number of hydrogen-bond acceptors (Lipinski definition) is 6. The molecule has 0 aliphatic carbocycles. The third-order valence-corrected chi connectivity index (χ3v) is 5.06. The van der Waals surface area contributed by atoms with Crippen LogP contribution in [0.5, 0.6) is 11.5 Å². The van der Waals surface area contributed by atoms with E-state index in [1.54, 1.807) is 14.2 Å². The van der Waals surface area contributed by atoms with E-state index in [0.29, 0.717) is 11.4 Å². The lowest BCUT2D eigenvalue weighted by atomic mass is 10.2. The lowest BCUT2D eigenvalue weighted by Gasteiger charge is -2.16. The Morgan fingerprint density at radius 2 is 1.96 bits per heavy atom. The Hall–Kier alpha value is -2.80. The molecule has 0 radical (unpaired) electrons. The Bertz CT molecular complexity index is 939. The van der Waals surface area contributed by atoms with Gasteiger partial charge in [0.1, 0.15) is 17.0 Å². The fraction of sp³-hybridized carbons (Fsp3) is 0.263. The van der Waals surface area contributed by atoms with Crippen LogP contribution in [0.25, 0.3) is 10.2 Å². The number of methoxy groups -OCH3 is 2. The van der Waals surface area contributed by atoms with Crippen molar-refractivity contribution in [3.63, 3.8) is 0 Å². The van der Waals surface area contributed by atoms with Gasteiger partial charge in [0.2, 0.25) is 5.91 Å². The molecule has 7 heteroatoms. The first-order valence-corrected chi connectivity index (χ1v) is 8.92. The Morgan fingerprint density at radius 3 is 2.69 bits per heavy atom. The van der Waals surface area contributed by atoms with Crippen molar-refractivity contribution in [1.82, 2.24) is 4.98 Å². The Morgan fingerprint density at radius 1 is 1.19 bits per heavy atom. The van der Waals surface area contributed by atoms with Crippen molar-refractivity contribution in [1.29, 1.82) is 0 Å². The summed E-state index contributed by atoms with van der Waals surface area (Å²) in [6.45, 7) is 2.15. The number of carbonyl (C=O) groups excluding carboxylic acids is 1. The molecule has 3 aromatic rings. The number of aromatic nitrogens is 1. The van der Waals surface area contributed by atoms with Gasteiger partial charge >= 0.3 is 0 Å². The van der Waals surface area contributed by atoms with E-state index in [1.807, 2.05) is 55.3 Å². The molecule has 0 aliphatic rings. The van der Waals surface area contributed by atoms with Crippen molar-refractivity contribution in [3.05, 3.63) is 42.0 Å². The van der Waals surface area contributed by atoms with Crippen molar-refractivity contribution in [2.45, 2.75) is 6.92 Å². The highest BCUT2D eigenvalue weighted by atomic mass is 32.1. The van der Waals surface area contributed by atoms with Crippen molar-refractivity contribution in [2.75, 3.05) is 38.0 Å². The molecule has 0 aliphatic heterocycles. The lowest BCUT2D eigenvalue weighted by Crippen LogP contribution is -2.30. The van der Waals surface area contributed by atoms with Crippen LogP contribution in [0.15, 0.2) is 36.4 Å². The van der Waals surface area contributed by atoms with Gasteiger partial charge in [0.15, 0.2) is 5.13 Å². The quantitative estimate of drug-likeness (QED) is 0.716. The van der Waals surface area contributed by atoms with Gasteiger partial charge in [0, 0.05) is 7.05 Å². The number of aryl methyl sites for hydroxylation is 1. The number of hydrogen-bond donors (Lipinski definition) is 1. The molecule has 0 spiro atoms. The maximum absolute atomic E-state index is 12.5. The molecule has 1 aromatic heterocycles. The summed E-state index contributed by atoms with van der Waals surface area (Å²) < 4.78 is 11.7. The van der Waals surface area contributed by atoms with Gasteiger partial charge in [0.05, 0.1) is 31.2 Å². The SMILES string of the molecule is COc1ccc(C)cc1NC(=O)CN(C)c1nc2c(OC)cccc2s1. The summed E-state index contributed by atoms with van der Waals surface area (Å²) in [7, 11) is 5.05. The smallest absolute Gasteiger partial charge is 0.244 e. The molecular formula is C19H21N3O3S. The Balaban J connectivity index is 1.75. The van der Waals surface area contributed by atoms with Crippen LogP contribution < -0.4 is 19.7 Å². The normalized spacial score (nSPS) is 10.6. The summed E-state index contributed by atoms with van der Waals surface area (Å²) >= 11 is 1.52. The minimum absolute atomic E-state index is 0.136. The summed E-state index contributed by atoms with van der Waals surface area (Å²) in [4.78, 5) is 18.9. The number of rotatable bonds is 6. The average molecular weight is 371 g/mol. The number of nitrogens with one attached hydrogen (secondary N) is 1. The number of likely N-dealkylation sites (N-methyl/N-ethyl adjacent to an activating group) is 1. The van der Waals surface area contributed by atoms with E-state index >= 15 is 0 Å². The van der Waals surface area contributed by atoms with Gasteiger partial charge in [-0.05, 0) is 36.8 Å². The summed E-state index contributed by atoms with van der Waals surface area (Å²) in [5, 5.41) is 3.67. The zero-order valence-corrected chi connectivity index (χ0v) is 16.0. The third-order valence-electron chi connectivity index (χ3n) is 3.93. The summed E-state index contributed by atoms with van der Waals surface area (Å²) in [5.74, 6) is 1.23. The fourth-order valence-corrected chi connectivity index (χ4v) is 3.58. The zero-order chi connectivity index (χ0) is 18.7. The number of fused-ring (bicyclic) bond motifs is 1. The number of anilines is 2. The second-order valence-electron chi connectivity index (χ2n) is 5.91. The van der Waals surface area contributed by atoms with E-state index < -0.39 is 0 Å². The molecule has 0 atom stereocenters. The molecule has 6 nitrogen and oxygen atoms in total. The number of para-hydroxylation sites is 1. The maximum Gasteiger partial charge on any atom is 0.244 e. The van der Waals surface area contributed by atoms with E-state index in [0.717, 1.165) is 26.7 Å². The largest absolute Gasteiger partial charge is 0.495 e. The van der Waals surface area contributed by atoms with Crippen molar-refractivity contribution in [2.24, 2.45) is 0 Å². The number of carbonyl (C=O) groups is 1. The number of thiazole rings is 1. The van der Waals surface area contributed by atoms with Gasteiger partial charge in [-0.1, -0.05) is 23.5 Å². The summed E-state index contributed by atoms with van der Waals surface area (Å²) in [6, 6.07) is 11.5. The van der Waals surface area contributed by atoms with Gasteiger partial charge in [-0.25, -0.2) is 4.98 Å². The highest BCUT2D eigenvalue weighted by molar-refractivity contribution is 7.22. The molecule has 1 heterocycles.